The van der Waals surface area contributed by atoms with Gasteiger partial charge in [0.2, 0.25) is 0 Å². The summed E-state index contributed by atoms with van der Waals surface area (Å²) in [6.07, 6.45) is 1.84. The summed E-state index contributed by atoms with van der Waals surface area (Å²) in [5.41, 5.74) is 0. The van der Waals surface area contributed by atoms with E-state index in [1.807, 2.05) is 0 Å². The maximum absolute atomic E-state index is 11.7. The molecule has 0 bridgehead atoms. The number of carbonyl (C=O) groups is 2. The predicted molar refractivity (Wildman–Crippen MR) is 70.7 cm³/mol. The van der Waals surface area contributed by atoms with Crippen molar-refractivity contribution in [1.82, 2.24) is 10.6 Å². The number of rotatable bonds is 4. The Morgan fingerprint density at radius 1 is 1.16 bits per heavy atom. The molecule has 19 heavy (non-hydrogen) atoms. The van der Waals surface area contributed by atoms with Crippen molar-refractivity contribution < 1.29 is 19.8 Å². The lowest BCUT2D eigenvalue weighted by atomic mass is 9.80. The Hall–Kier alpha value is -1.30. The van der Waals surface area contributed by atoms with Crippen molar-refractivity contribution in [2.24, 2.45) is 11.8 Å². The van der Waals surface area contributed by atoms with E-state index in [0.717, 1.165) is 19.3 Å². The van der Waals surface area contributed by atoms with Crippen molar-refractivity contribution in [2.45, 2.75) is 58.2 Å². The molecule has 1 saturated carbocycles. The molecule has 4 N–H and O–H groups in total. The fourth-order valence-electron chi connectivity index (χ4n) is 2.82. The zero-order valence-electron chi connectivity index (χ0n) is 11.7. The van der Waals surface area contributed by atoms with Gasteiger partial charge in [-0.2, -0.15) is 0 Å². The molecule has 0 radical (unpaired) electrons. The van der Waals surface area contributed by atoms with Crippen molar-refractivity contribution in [1.29, 1.82) is 0 Å². The fraction of sp³-hybridized carbons (Fsp3) is 0.846. The molecule has 0 spiro atoms. The first-order valence-electron chi connectivity index (χ1n) is 6.77. The van der Waals surface area contributed by atoms with Gasteiger partial charge in [-0.25, -0.2) is 9.59 Å². The number of nitrogens with one attached hydrogen (secondary N) is 2. The minimum absolute atomic E-state index is 0.0715. The second kappa shape index (κ2) is 6.75. The zero-order valence-corrected chi connectivity index (χ0v) is 11.7. The molecule has 1 rings (SSSR count). The third-order valence-electron chi connectivity index (χ3n) is 3.55. The van der Waals surface area contributed by atoms with Gasteiger partial charge in [0.15, 0.2) is 6.04 Å². The molecule has 6 heteroatoms. The number of carbonyl (C=O) groups excluding carboxylic acids is 1. The van der Waals surface area contributed by atoms with E-state index in [4.69, 9.17) is 5.11 Å². The number of amides is 2. The minimum atomic E-state index is -1.28. The smallest absolute Gasteiger partial charge is 0.328 e. The van der Waals surface area contributed by atoms with Gasteiger partial charge in [-0.05, 0) is 38.0 Å². The van der Waals surface area contributed by atoms with E-state index in [1.54, 1.807) is 0 Å². The Balaban J connectivity index is 2.48. The van der Waals surface area contributed by atoms with Crippen LogP contribution in [0.3, 0.4) is 0 Å². The fourth-order valence-corrected chi connectivity index (χ4v) is 2.82. The molecule has 2 amide bonds. The average Bonchev–Trinajstić information content (AvgIpc) is 2.23. The van der Waals surface area contributed by atoms with Crippen molar-refractivity contribution in [3.63, 3.8) is 0 Å². The van der Waals surface area contributed by atoms with Gasteiger partial charge in [0.1, 0.15) is 0 Å². The number of aliphatic carboxylic acids is 1. The number of urea groups is 1. The Morgan fingerprint density at radius 3 is 2.11 bits per heavy atom. The lowest BCUT2D eigenvalue weighted by Gasteiger charge is -2.32. The first kappa shape index (κ1) is 15.8. The van der Waals surface area contributed by atoms with Crippen LogP contribution in [0.25, 0.3) is 0 Å². The summed E-state index contributed by atoms with van der Waals surface area (Å²) in [6.45, 7) is 5.64. The van der Waals surface area contributed by atoms with E-state index < -0.39 is 24.1 Å². The maximum Gasteiger partial charge on any atom is 0.328 e. The van der Waals surface area contributed by atoms with Crippen molar-refractivity contribution in [2.75, 3.05) is 0 Å². The van der Waals surface area contributed by atoms with Gasteiger partial charge in [0.05, 0.1) is 6.10 Å². The highest BCUT2D eigenvalue weighted by atomic mass is 16.4. The van der Waals surface area contributed by atoms with E-state index >= 15 is 0 Å². The summed E-state index contributed by atoms with van der Waals surface area (Å²) < 4.78 is 0. The molecule has 4 atom stereocenters. The monoisotopic (exact) mass is 272 g/mol. The van der Waals surface area contributed by atoms with Gasteiger partial charge >= 0.3 is 12.0 Å². The standard InChI is InChI=1S/C13H24N2O4/c1-7-4-8(2)6-10(5-7)14-13(19)15-11(9(3)16)12(17)18/h7-11,16H,4-6H2,1-3H3,(H,17,18)(H2,14,15,19). The highest BCUT2D eigenvalue weighted by Crippen LogP contribution is 2.28. The second-order valence-corrected chi connectivity index (χ2v) is 5.79. The van der Waals surface area contributed by atoms with Crippen molar-refractivity contribution in [3.05, 3.63) is 0 Å². The number of carboxylic acids is 1. The molecule has 0 aromatic carbocycles. The summed E-state index contributed by atoms with van der Waals surface area (Å²) in [7, 11) is 0. The van der Waals surface area contributed by atoms with Crippen LogP contribution < -0.4 is 10.6 Å². The van der Waals surface area contributed by atoms with Crippen molar-refractivity contribution >= 4 is 12.0 Å². The number of carboxylic acid groups (broad SMARTS) is 1. The highest BCUT2D eigenvalue weighted by Gasteiger charge is 2.28. The highest BCUT2D eigenvalue weighted by molar-refractivity contribution is 5.83. The van der Waals surface area contributed by atoms with E-state index in [1.165, 1.54) is 6.92 Å². The molecule has 0 aromatic rings. The third-order valence-corrected chi connectivity index (χ3v) is 3.55. The number of hydrogen-bond donors (Lipinski definition) is 4. The Bertz CT molecular complexity index is 323. The van der Waals surface area contributed by atoms with Crippen LogP contribution in [0.1, 0.15) is 40.0 Å². The molecule has 0 saturated heterocycles. The summed E-state index contributed by atoms with van der Waals surface area (Å²) >= 11 is 0. The van der Waals surface area contributed by atoms with E-state index in [9.17, 15) is 14.7 Å². The Kier molecular flexibility index (Phi) is 5.60. The molecular formula is C13H24N2O4. The number of hydrogen-bond acceptors (Lipinski definition) is 3. The van der Waals surface area contributed by atoms with Gasteiger partial charge in [0.25, 0.3) is 0 Å². The third kappa shape index (κ3) is 5.06. The minimum Gasteiger partial charge on any atom is -0.480 e. The van der Waals surface area contributed by atoms with Crippen LogP contribution in [-0.2, 0) is 4.79 Å². The normalized spacial score (nSPS) is 30.2. The molecule has 0 aromatic heterocycles. The van der Waals surface area contributed by atoms with Gasteiger partial charge < -0.3 is 20.8 Å². The Labute approximate surface area is 113 Å². The molecule has 1 aliphatic rings. The van der Waals surface area contributed by atoms with Crippen LogP contribution in [0.5, 0.6) is 0 Å². The van der Waals surface area contributed by atoms with Crippen LogP contribution in [0.15, 0.2) is 0 Å². The quantitative estimate of drug-likeness (QED) is 0.612. The Morgan fingerprint density at radius 2 is 1.68 bits per heavy atom. The molecule has 6 nitrogen and oxygen atoms in total. The topological polar surface area (TPSA) is 98.7 Å². The molecular weight excluding hydrogens is 248 g/mol. The summed E-state index contributed by atoms with van der Waals surface area (Å²) in [5.74, 6) is -0.127. The molecule has 1 fully saturated rings. The van der Waals surface area contributed by atoms with Crippen LogP contribution >= 0.6 is 0 Å². The first-order chi connectivity index (χ1) is 8.79. The van der Waals surface area contributed by atoms with E-state index in [2.05, 4.69) is 24.5 Å². The van der Waals surface area contributed by atoms with Crippen LogP contribution in [0.2, 0.25) is 0 Å². The number of aliphatic hydroxyl groups is 1. The van der Waals surface area contributed by atoms with Gasteiger partial charge in [-0.1, -0.05) is 13.8 Å². The van der Waals surface area contributed by atoms with Crippen molar-refractivity contribution in [3.8, 4) is 0 Å². The SMILES string of the molecule is CC1CC(C)CC(NC(=O)NC(C(=O)O)C(C)O)C1. The van der Waals surface area contributed by atoms with Gasteiger partial charge in [-0.3, -0.25) is 0 Å². The summed E-state index contributed by atoms with van der Waals surface area (Å²) in [4.78, 5) is 22.6. The maximum atomic E-state index is 11.7. The van der Waals surface area contributed by atoms with Crippen LogP contribution in [0, 0.1) is 11.8 Å². The molecule has 0 heterocycles. The van der Waals surface area contributed by atoms with Gasteiger partial charge in [0, 0.05) is 6.04 Å². The van der Waals surface area contributed by atoms with Gasteiger partial charge in [-0.15, -0.1) is 0 Å². The van der Waals surface area contributed by atoms with E-state index in [0.29, 0.717) is 11.8 Å². The molecule has 0 aliphatic heterocycles. The first-order valence-corrected chi connectivity index (χ1v) is 6.77. The second-order valence-electron chi connectivity index (χ2n) is 5.79. The molecule has 4 unspecified atom stereocenters. The predicted octanol–water partition coefficient (Wildman–Crippen LogP) is 0.944. The van der Waals surface area contributed by atoms with Crippen LogP contribution in [0.4, 0.5) is 4.79 Å². The average molecular weight is 272 g/mol. The van der Waals surface area contributed by atoms with Crippen LogP contribution in [-0.4, -0.2) is 40.4 Å². The number of aliphatic hydroxyl groups excluding tert-OH is 1. The summed E-state index contributed by atoms with van der Waals surface area (Å²) in [5, 5.41) is 23.3. The molecule has 1 aliphatic carbocycles. The summed E-state index contributed by atoms with van der Waals surface area (Å²) in [6, 6.07) is -1.74. The largest absolute Gasteiger partial charge is 0.480 e. The zero-order chi connectivity index (χ0) is 14.6. The van der Waals surface area contributed by atoms with E-state index in [-0.39, 0.29) is 6.04 Å². The molecule has 110 valence electrons. The lowest BCUT2D eigenvalue weighted by Crippen LogP contribution is -2.53. The lowest BCUT2D eigenvalue weighted by molar-refractivity contribution is -0.141.